The van der Waals surface area contributed by atoms with Crippen LogP contribution in [-0.2, 0) is 14.4 Å². The van der Waals surface area contributed by atoms with Crippen molar-refractivity contribution in [1.82, 2.24) is 4.90 Å². The number of hydrogen-bond donors (Lipinski definition) is 1. The molecule has 0 radical (unpaired) electrons. The maximum absolute atomic E-state index is 12.9. The second kappa shape index (κ2) is 5.15. The van der Waals surface area contributed by atoms with E-state index in [2.05, 4.69) is 5.32 Å². The monoisotopic (exact) mass is 316 g/mol. The lowest BCUT2D eigenvalue weighted by Gasteiger charge is -2.19. The Hall–Kier alpha value is -2.24. The molecule has 0 aromatic heterocycles. The second-order valence-electron chi connectivity index (χ2n) is 6.70. The molecule has 2 bridgehead atoms. The number of rotatable bonds is 3. The van der Waals surface area contributed by atoms with Gasteiger partial charge in [-0.25, -0.2) is 4.39 Å². The van der Waals surface area contributed by atoms with Crippen LogP contribution in [-0.4, -0.2) is 29.2 Å². The van der Waals surface area contributed by atoms with Crippen molar-refractivity contribution in [2.75, 3.05) is 11.9 Å². The average Bonchev–Trinajstić information content (AvgIpc) is 3.19. The molecular formula is C17H17FN2O3. The van der Waals surface area contributed by atoms with E-state index in [-0.39, 0.29) is 30.2 Å². The van der Waals surface area contributed by atoms with E-state index in [4.69, 9.17) is 0 Å². The van der Waals surface area contributed by atoms with Crippen molar-refractivity contribution in [3.63, 3.8) is 0 Å². The largest absolute Gasteiger partial charge is 0.325 e. The third-order valence-corrected chi connectivity index (χ3v) is 5.45. The molecule has 3 amide bonds. The minimum Gasteiger partial charge on any atom is -0.325 e. The fourth-order valence-corrected chi connectivity index (χ4v) is 4.50. The van der Waals surface area contributed by atoms with Gasteiger partial charge in [-0.1, -0.05) is 0 Å². The predicted octanol–water partition coefficient (Wildman–Crippen LogP) is 1.80. The van der Waals surface area contributed by atoms with Crippen molar-refractivity contribution in [3.05, 3.63) is 30.1 Å². The Morgan fingerprint density at radius 2 is 1.65 bits per heavy atom. The number of fused-ring (bicyclic) bond motifs is 5. The molecule has 4 rings (SSSR count). The van der Waals surface area contributed by atoms with Gasteiger partial charge in [0, 0.05) is 5.69 Å². The molecule has 1 N–H and O–H groups in total. The van der Waals surface area contributed by atoms with E-state index in [0.29, 0.717) is 17.5 Å². The molecule has 2 saturated carbocycles. The zero-order chi connectivity index (χ0) is 16.1. The Labute approximate surface area is 132 Å². The van der Waals surface area contributed by atoms with Crippen LogP contribution in [0.2, 0.25) is 0 Å². The molecule has 1 saturated heterocycles. The lowest BCUT2D eigenvalue weighted by Crippen LogP contribution is -2.39. The normalized spacial score (nSPS) is 31.6. The Balaban J connectivity index is 1.44. The molecule has 1 aliphatic heterocycles. The van der Waals surface area contributed by atoms with E-state index < -0.39 is 11.7 Å². The van der Waals surface area contributed by atoms with Gasteiger partial charge in [0.15, 0.2) is 0 Å². The highest BCUT2D eigenvalue weighted by Gasteiger charge is 2.60. The zero-order valence-electron chi connectivity index (χ0n) is 12.5. The van der Waals surface area contributed by atoms with Gasteiger partial charge in [0.25, 0.3) is 0 Å². The van der Waals surface area contributed by atoms with Gasteiger partial charge >= 0.3 is 0 Å². The van der Waals surface area contributed by atoms with Crippen LogP contribution in [0.15, 0.2) is 24.3 Å². The molecule has 23 heavy (non-hydrogen) atoms. The Morgan fingerprint density at radius 1 is 1.09 bits per heavy atom. The van der Waals surface area contributed by atoms with Gasteiger partial charge in [-0.2, -0.15) is 0 Å². The molecule has 4 atom stereocenters. The molecule has 1 aromatic carbocycles. The zero-order valence-corrected chi connectivity index (χ0v) is 12.5. The van der Waals surface area contributed by atoms with Gasteiger partial charge in [0.2, 0.25) is 17.7 Å². The summed E-state index contributed by atoms with van der Waals surface area (Å²) in [6, 6.07) is 5.36. The van der Waals surface area contributed by atoms with Crippen LogP contribution < -0.4 is 5.32 Å². The Bertz CT molecular complexity index is 660. The number of halogens is 1. The first-order valence-corrected chi connectivity index (χ1v) is 7.95. The molecule has 1 aromatic rings. The molecule has 6 heteroatoms. The molecule has 120 valence electrons. The van der Waals surface area contributed by atoms with Crippen molar-refractivity contribution in [2.45, 2.75) is 19.3 Å². The van der Waals surface area contributed by atoms with Crippen LogP contribution in [0, 0.1) is 29.5 Å². The fourth-order valence-electron chi connectivity index (χ4n) is 4.50. The molecule has 1 heterocycles. The number of imide groups is 1. The summed E-state index contributed by atoms with van der Waals surface area (Å²) in [5.74, 6) is -1.01. The standard InChI is InChI=1S/C17H17FN2O3/c18-11-3-5-12(6-4-11)19-13(21)8-20-16(22)14-9-1-2-10(7-9)15(14)17(20)23/h3-6,9-10,14-15H,1-2,7-8H2,(H,19,21)/t9-,10+,14-,15+. The van der Waals surface area contributed by atoms with Gasteiger partial charge in [0.1, 0.15) is 12.4 Å². The number of benzene rings is 1. The number of amides is 3. The number of anilines is 1. The third kappa shape index (κ3) is 2.24. The topological polar surface area (TPSA) is 66.5 Å². The lowest BCUT2D eigenvalue weighted by atomic mass is 9.81. The summed E-state index contributed by atoms with van der Waals surface area (Å²) >= 11 is 0. The second-order valence-corrected chi connectivity index (χ2v) is 6.70. The smallest absolute Gasteiger partial charge is 0.244 e. The van der Waals surface area contributed by atoms with E-state index in [0.717, 1.165) is 24.2 Å². The number of nitrogens with one attached hydrogen (secondary N) is 1. The van der Waals surface area contributed by atoms with Crippen LogP contribution >= 0.6 is 0 Å². The molecule has 3 aliphatic rings. The molecule has 2 aliphatic carbocycles. The maximum Gasteiger partial charge on any atom is 0.244 e. The maximum atomic E-state index is 12.9. The minimum absolute atomic E-state index is 0.193. The van der Waals surface area contributed by atoms with E-state index in [1.165, 1.54) is 24.3 Å². The van der Waals surface area contributed by atoms with Gasteiger partial charge in [-0.15, -0.1) is 0 Å². The molecule has 0 unspecified atom stereocenters. The van der Waals surface area contributed by atoms with Crippen LogP contribution in [0.1, 0.15) is 19.3 Å². The van der Waals surface area contributed by atoms with Crippen molar-refractivity contribution >= 4 is 23.4 Å². The summed E-state index contributed by atoms with van der Waals surface area (Å²) < 4.78 is 12.9. The predicted molar refractivity (Wildman–Crippen MR) is 79.6 cm³/mol. The van der Waals surface area contributed by atoms with E-state index in [9.17, 15) is 18.8 Å². The third-order valence-electron chi connectivity index (χ3n) is 5.45. The number of nitrogens with zero attached hydrogens (tertiary/aromatic N) is 1. The Kier molecular flexibility index (Phi) is 3.21. The summed E-state index contributed by atoms with van der Waals surface area (Å²) in [5.41, 5.74) is 0.441. The van der Waals surface area contributed by atoms with Crippen molar-refractivity contribution in [2.24, 2.45) is 23.7 Å². The number of likely N-dealkylation sites (tertiary alicyclic amines) is 1. The summed E-state index contributed by atoms with van der Waals surface area (Å²) in [6.45, 7) is -0.262. The average molecular weight is 316 g/mol. The molecule has 5 nitrogen and oxygen atoms in total. The Morgan fingerprint density at radius 3 is 2.22 bits per heavy atom. The molecule has 3 fully saturated rings. The quantitative estimate of drug-likeness (QED) is 0.865. The molecular weight excluding hydrogens is 299 g/mol. The minimum atomic E-state index is -0.439. The van der Waals surface area contributed by atoms with Crippen molar-refractivity contribution in [1.29, 1.82) is 0 Å². The van der Waals surface area contributed by atoms with Gasteiger partial charge in [0.05, 0.1) is 11.8 Å². The SMILES string of the molecule is O=C(CN1C(=O)[C@@H]2[C@@H]3CC[C@@H](C3)[C@@H]2C1=O)Nc1ccc(F)cc1. The number of carbonyl (C=O) groups is 3. The van der Waals surface area contributed by atoms with Gasteiger partial charge < -0.3 is 5.32 Å². The highest BCUT2D eigenvalue weighted by Crippen LogP contribution is 2.56. The summed E-state index contributed by atoms with van der Waals surface area (Å²) in [5, 5.41) is 2.59. The number of hydrogen-bond acceptors (Lipinski definition) is 3. The van der Waals surface area contributed by atoms with Gasteiger partial charge in [-0.05, 0) is 55.4 Å². The first-order valence-electron chi connectivity index (χ1n) is 7.95. The summed E-state index contributed by atoms with van der Waals surface area (Å²) in [6.07, 6.45) is 3.00. The van der Waals surface area contributed by atoms with Crippen LogP contribution in [0.5, 0.6) is 0 Å². The van der Waals surface area contributed by atoms with E-state index in [1.807, 2.05) is 0 Å². The summed E-state index contributed by atoms with van der Waals surface area (Å²) in [7, 11) is 0. The highest BCUT2D eigenvalue weighted by atomic mass is 19.1. The molecule has 0 spiro atoms. The van der Waals surface area contributed by atoms with Crippen molar-refractivity contribution < 1.29 is 18.8 Å². The first kappa shape index (κ1) is 14.4. The highest BCUT2D eigenvalue weighted by molar-refractivity contribution is 6.09. The summed E-state index contributed by atoms with van der Waals surface area (Å²) in [4.78, 5) is 38.2. The van der Waals surface area contributed by atoms with E-state index >= 15 is 0 Å². The first-order chi connectivity index (χ1) is 11.0. The van der Waals surface area contributed by atoms with Crippen LogP contribution in [0.4, 0.5) is 10.1 Å². The van der Waals surface area contributed by atoms with Crippen LogP contribution in [0.25, 0.3) is 0 Å². The number of carbonyl (C=O) groups excluding carboxylic acids is 3. The van der Waals surface area contributed by atoms with Crippen LogP contribution in [0.3, 0.4) is 0 Å². The van der Waals surface area contributed by atoms with E-state index in [1.54, 1.807) is 0 Å². The van der Waals surface area contributed by atoms with Gasteiger partial charge in [-0.3, -0.25) is 19.3 Å². The van der Waals surface area contributed by atoms with Crippen molar-refractivity contribution in [3.8, 4) is 0 Å². The fraction of sp³-hybridized carbons (Fsp3) is 0.471. The lowest BCUT2D eigenvalue weighted by molar-refractivity contribution is -0.143.